The standard InChI is InChI=1S/C12H13BrFNO5/c13-8-5-7(14)1-2-10(8)20-6-11(17)15-9(3-4-16)12(18)19/h1-2,5,9,16H,3-4,6H2,(H,15,17)(H,18,19)/t9-/m1/s1. The minimum absolute atomic E-state index is 0.0959. The van der Waals surface area contributed by atoms with Gasteiger partial charge in [-0.05, 0) is 34.1 Å². The van der Waals surface area contributed by atoms with Gasteiger partial charge in [0.05, 0.1) is 4.47 Å². The van der Waals surface area contributed by atoms with Crippen LogP contribution in [0.4, 0.5) is 4.39 Å². The van der Waals surface area contributed by atoms with E-state index in [-0.39, 0.29) is 18.8 Å². The zero-order valence-corrected chi connectivity index (χ0v) is 11.9. The highest BCUT2D eigenvalue weighted by molar-refractivity contribution is 9.10. The van der Waals surface area contributed by atoms with Crippen LogP contribution in [0.5, 0.6) is 5.75 Å². The third-order valence-corrected chi connectivity index (χ3v) is 2.92. The van der Waals surface area contributed by atoms with Crippen molar-refractivity contribution in [1.29, 1.82) is 0 Å². The number of aliphatic hydroxyl groups is 1. The predicted molar refractivity (Wildman–Crippen MR) is 70.9 cm³/mol. The van der Waals surface area contributed by atoms with Gasteiger partial charge >= 0.3 is 5.97 Å². The van der Waals surface area contributed by atoms with Crippen LogP contribution in [0.15, 0.2) is 22.7 Å². The van der Waals surface area contributed by atoms with Crippen LogP contribution >= 0.6 is 15.9 Å². The zero-order valence-electron chi connectivity index (χ0n) is 10.3. The SMILES string of the molecule is O=C(COc1ccc(F)cc1Br)N[C@H](CCO)C(=O)O. The first-order valence-electron chi connectivity index (χ1n) is 5.65. The molecule has 1 atom stereocenters. The van der Waals surface area contributed by atoms with Gasteiger partial charge in [-0.1, -0.05) is 0 Å². The molecule has 0 saturated heterocycles. The van der Waals surface area contributed by atoms with E-state index in [4.69, 9.17) is 14.9 Å². The minimum atomic E-state index is -1.24. The van der Waals surface area contributed by atoms with Crippen molar-refractivity contribution in [2.75, 3.05) is 13.2 Å². The molecule has 0 spiro atoms. The number of carboxylic acid groups (broad SMARTS) is 1. The number of ether oxygens (including phenoxy) is 1. The van der Waals surface area contributed by atoms with Crippen molar-refractivity contribution in [2.45, 2.75) is 12.5 Å². The third kappa shape index (κ3) is 5.14. The second kappa shape index (κ2) is 7.81. The second-order valence-electron chi connectivity index (χ2n) is 3.83. The molecular weight excluding hydrogens is 337 g/mol. The quantitative estimate of drug-likeness (QED) is 0.680. The van der Waals surface area contributed by atoms with Crippen LogP contribution in [0.25, 0.3) is 0 Å². The number of nitrogens with one attached hydrogen (secondary N) is 1. The van der Waals surface area contributed by atoms with Crippen molar-refractivity contribution < 1.29 is 28.9 Å². The number of carbonyl (C=O) groups excluding carboxylic acids is 1. The molecule has 6 nitrogen and oxygen atoms in total. The molecule has 0 saturated carbocycles. The number of carboxylic acids is 1. The summed E-state index contributed by atoms with van der Waals surface area (Å²) in [6.07, 6.45) is -0.0959. The molecule has 1 aromatic carbocycles. The molecule has 0 heterocycles. The van der Waals surface area contributed by atoms with E-state index < -0.39 is 30.3 Å². The lowest BCUT2D eigenvalue weighted by Crippen LogP contribution is -2.43. The molecule has 0 unspecified atom stereocenters. The van der Waals surface area contributed by atoms with Crippen molar-refractivity contribution in [1.82, 2.24) is 5.32 Å². The molecule has 0 bridgehead atoms. The number of hydrogen-bond donors (Lipinski definition) is 3. The number of amides is 1. The number of rotatable bonds is 7. The number of aliphatic carboxylic acids is 1. The molecule has 0 aromatic heterocycles. The molecule has 0 aliphatic carbocycles. The lowest BCUT2D eigenvalue weighted by Gasteiger charge is -2.14. The van der Waals surface area contributed by atoms with Gasteiger partial charge < -0.3 is 20.3 Å². The predicted octanol–water partition coefficient (Wildman–Crippen LogP) is 0.919. The third-order valence-electron chi connectivity index (χ3n) is 2.30. The molecule has 1 aromatic rings. The lowest BCUT2D eigenvalue weighted by atomic mass is 10.2. The zero-order chi connectivity index (χ0) is 15.1. The number of carbonyl (C=O) groups is 2. The monoisotopic (exact) mass is 349 g/mol. The Bertz CT molecular complexity index is 497. The van der Waals surface area contributed by atoms with Gasteiger partial charge in [0.25, 0.3) is 5.91 Å². The Hall–Kier alpha value is -1.67. The Kier molecular flexibility index (Phi) is 6.40. The van der Waals surface area contributed by atoms with Gasteiger partial charge in [0.1, 0.15) is 17.6 Å². The summed E-state index contributed by atoms with van der Waals surface area (Å²) in [4.78, 5) is 22.3. The van der Waals surface area contributed by atoms with Gasteiger partial charge in [0.2, 0.25) is 0 Å². The van der Waals surface area contributed by atoms with E-state index in [0.717, 1.165) is 0 Å². The molecule has 0 fully saturated rings. The molecule has 0 radical (unpaired) electrons. The maximum atomic E-state index is 12.8. The van der Waals surface area contributed by atoms with Crippen molar-refractivity contribution in [3.63, 3.8) is 0 Å². The molecule has 3 N–H and O–H groups in total. The van der Waals surface area contributed by atoms with Crippen LogP contribution < -0.4 is 10.1 Å². The van der Waals surface area contributed by atoms with E-state index in [2.05, 4.69) is 21.2 Å². The Balaban J connectivity index is 2.52. The largest absolute Gasteiger partial charge is 0.483 e. The molecule has 1 amide bonds. The van der Waals surface area contributed by atoms with Crippen LogP contribution in [-0.2, 0) is 9.59 Å². The van der Waals surface area contributed by atoms with Gasteiger partial charge in [-0.3, -0.25) is 4.79 Å². The summed E-state index contributed by atoms with van der Waals surface area (Å²) in [5, 5.41) is 19.7. The Morgan fingerprint density at radius 1 is 1.45 bits per heavy atom. The average Bonchev–Trinajstić information content (AvgIpc) is 2.37. The molecule has 110 valence electrons. The maximum Gasteiger partial charge on any atom is 0.326 e. The highest BCUT2D eigenvalue weighted by Gasteiger charge is 2.19. The molecule has 20 heavy (non-hydrogen) atoms. The van der Waals surface area contributed by atoms with Gasteiger partial charge in [0, 0.05) is 13.0 Å². The second-order valence-corrected chi connectivity index (χ2v) is 4.69. The number of benzene rings is 1. The van der Waals surface area contributed by atoms with E-state index in [1.165, 1.54) is 18.2 Å². The van der Waals surface area contributed by atoms with E-state index >= 15 is 0 Å². The molecule has 0 aliphatic heterocycles. The van der Waals surface area contributed by atoms with Crippen LogP contribution in [-0.4, -0.2) is 41.3 Å². The molecular formula is C12H13BrFNO5. The van der Waals surface area contributed by atoms with Crippen molar-refractivity contribution in [3.05, 3.63) is 28.5 Å². The van der Waals surface area contributed by atoms with Crippen molar-refractivity contribution >= 4 is 27.8 Å². The van der Waals surface area contributed by atoms with Crippen LogP contribution in [0.3, 0.4) is 0 Å². The van der Waals surface area contributed by atoms with E-state index in [9.17, 15) is 14.0 Å². The lowest BCUT2D eigenvalue weighted by molar-refractivity contribution is -0.142. The highest BCUT2D eigenvalue weighted by Crippen LogP contribution is 2.25. The fourth-order valence-corrected chi connectivity index (χ4v) is 1.82. The summed E-state index contributed by atoms with van der Waals surface area (Å²) in [6, 6.07) is 2.52. The topological polar surface area (TPSA) is 95.9 Å². The average molecular weight is 350 g/mol. The van der Waals surface area contributed by atoms with Crippen LogP contribution in [0.2, 0.25) is 0 Å². The summed E-state index contributed by atoms with van der Waals surface area (Å²) in [6.45, 7) is -0.777. The van der Waals surface area contributed by atoms with Crippen molar-refractivity contribution in [2.24, 2.45) is 0 Å². The van der Waals surface area contributed by atoms with Crippen LogP contribution in [0, 0.1) is 5.82 Å². The van der Waals surface area contributed by atoms with Gasteiger partial charge in [0.15, 0.2) is 6.61 Å². The summed E-state index contributed by atoms with van der Waals surface area (Å²) < 4.78 is 18.3. The molecule has 1 rings (SSSR count). The minimum Gasteiger partial charge on any atom is -0.483 e. The first-order chi connectivity index (χ1) is 9.43. The van der Waals surface area contributed by atoms with E-state index in [0.29, 0.717) is 4.47 Å². The summed E-state index contributed by atoms with van der Waals surface area (Å²) >= 11 is 3.07. The summed E-state index contributed by atoms with van der Waals surface area (Å²) in [7, 11) is 0. The first kappa shape index (κ1) is 16.4. The molecule has 0 aliphatic rings. The smallest absolute Gasteiger partial charge is 0.326 e. The fourth-order valence-electron chi connectivity index (χ4n) is 1.36. The Labute approximate surface area is 122 Å². The van der Waals surface area contributed by atoms with E-state index in [1.54, 1.807) is 0 Å². The van der Waals surface area contributed by atoms with Crippen LogP contribution in [0.1, 0.15) is 6.42 Å². The van der Waals surface area contributed by atoms with Gasteiger partial charge in [-0.2, -0.15) is 0 Å². The molecule has 8 heteroatoms. The number of halogens is 2. The fraction of sp³-hybridized carbons (Fsp3) is 0.333. The Morgan fingerprint density at radius 3 is 2.70 bits per heavy atom. The number of aliphatic hydroxyl groups excluding tert-OH is 1. The first-order valence-corrected chi connectivity index (χ1v) is 6.44. The number of hydrogen-bond acceptors (Lipinski definition) is 4. The highest BCUT2D eigenvalue weighted by atomic mass is 79.9. The van der Waals surface area contributed by atoms with Gasteiger partial charge in [-0.15, -0.1) is 0 Å². The van der Waals surface area contributed by atoms with Crippen molar-refractivity contribution in [3.8, 4) is 5.75 Å². The Morgan fingerprint density at radius 2 is 2.15 bits per heavy atom. The van der Waals surface area contributed by atoms with E-state index in [1.807, 2.05) is 0 Å². The maximum absolute atomic E-state index is 12.8. The normalized spacial score (nSPS) is 11.8. The summed E-state index contributed by atoms with van der Waals surface area (Å²) in [5.41, 5.74) is 0. The summed E-state index contributed by atoms with van der Waals surface area (Å²) in [5.74, 6) is -2.09. The van der Waals surface area contributed by atoms with Gasteiger partial charge in [-0.25, -0.2) is 9.18 Å².